The molecule has 1 nitrogen and oxygen atoms in total. The molecule has 0 spiro atoms. The Hall–Kier alpha value is -0.262. The molecule has 1 aromatic rings. The summed E-state index contributed by atoms with van der Waals surface area (Å²) in [5, 5.41) is 4.83. The molecule has 0 aliphatic heterocycles. The number of rotatable bonds is 5. The van der Waals surface area contributed by atoms with Crippen LogP contribution < -0.4 is 5.32 Å². The Morgan fingerprint density at radius 2 is 2.00 bits per heavy atom. The van der Waals surface area contributed by atoms with Gasteiger partial charge in [0.15, 0.2) is 0 Å². The fourth-order valence-corrected chi connectivity index (χ4v) is 1.94. The van der Waals surface area contributed by atoms with Gasteiger partial charge < -0.3 is 0 Å². The van der Waals surface area contributed by atoms with Gasteiger partial charge in [0, 0.05) is 0 Å². The Kier molecular flexibility index (Phi) is 5.14. The van der Waals surface area contributed by atoms with Gasteiger partial charge >= 0.3 is 81.0 Å². The summed E-state index contributed by atoms with van der Waals surface area (Å²) in [5.74, 6) is 0. The molecular formula is C10H16AsN. The van der Waals surface area contributed by atoms with Crippen LogP contribution in [0.5, 0.6) is 0 Å². The van der Waals surface area contributed by atoms with Crippen LogP contribution in [0.15, 0.2) is 30.3 Å². The summed E-state index contributed by atoms with van der Waals surface area (Å²) < 4.78 is 0. The van der Waals surface area contributed by atoms with Crippen LogP contribution in [0.25, 0.3) is 0 Å². The maximum atomic E-state index is 3.43. The third-order valence-corrected chi connectivity index (χ3v) is 3.30. The van der Waals surface area contributed by atoms with E-state index in [2.05, 4.69) is 41.4 Å². The molecule has 1 N–H and O–H groups in total. The second-order valence-corrected chi connectivity index (χ2v) is 5.30. The zero-order chi connectivity index (χ0) is 8.65. The predicted octanol–water partition coefficient (Wildman–Crippen LogP) is 1.68. The van der Waals surface area contributed by atoms with Gasteiger partial charge in [0.2, 0.25) is 0 Å². The van der Waals surface area contributed by atoms with Gasteiger partial charge in [0.1, 0.15) is 0 Å². The van der Waals surface area contributed by atoms with E-state index in [1.165, 1.54) is 17.3 Å². The average Bonchev–Trinajstić information content (AvgIpc) is 2.14. The van der Waals surface area contributed by atoms with E-state index >= 15 is 0 Å². The fraction of sp³-hybridized carbons (Fsp3) is 0.400. The Labute approximate surface area is 81.3 Å². The summed E-state index contributed by atoms with van der Waals surface area (Å²) >= 11 is 0.353. The quantitative estimate of drug-likeness (QED) is 0.593. The van der Waals surface area contributed by atoms with Crippen molar-refractivity contribution >= 4 is 15.8 Å². The van der Waals surface area contributed by atoms with Gasteiger partial charge in [0.05, 0.1) is 0 Å². The van der Waals surface area contributed by atoms with Gasteiger partial charge in [-0.15, -0.1) is 0 Å². The predicted molar refractivity (Wildman–Crippen MR) is 56.0 cm³/mol. The van der Waals surface area contributed by atoms with E-state index in [-0.39, 0.29) is 0 Å². The normalized spacial score (nSPS) is 11.1. The standard InChI is InChI=1S/C10H16AsN/c1-11-7-8-12-9-10-5-3-2-4-6-10/h2-6,11-12H,7-9H2,1H3. The number of benzene rings is 1. The summed E-state index contributed by atoms with van der Waals surface area (Å²) in [5.41, 5.74) is 3.72. The van der Waals surface area contributed by atoms with Crippen LogP contribution in [0.2, 0.25) is 10.9 Å². The monoisotopic (exact) mass is 225 g/mol. The van der Waals surface area contributed by atoms with Crippen molar-refractivity contribution < 1.29 is 0 Å². The van der Waals surface area contributed by atoms with Crippen molar-refractivity contribution in [2.75, 3.05) is 6.54 Å². The third kappa shape index (κ3) is 3.94. The van der Waals surface area contributed by atoms with E-state index in [4.69, 9.17) is 0 Å². The van der Waals surface area contributed by atoms with Gasteiger partial charge in [-0.3, -0.25) is 0 Å². The van der Waals surface area contributed by atoms with Crippen molar-refractivity contribution in [2.45, 2.75) is 17.5 Å². The molecule has 2 heteroatoms. The van der Waals surface area contributed by atoms with Crippen LogP contribution in [-0.4, -0.2) is 22.3 Å². The van der Waals surface area contributed by atoms with Crippen LogP contribution in [0.1, 0.15) is 5.56 Å². The summed E-state index contributed by atoms with van der Waals surface area (Å²) in [7, 11) is 0. The molecule has 0 saturated carbocycles. The van der Waals surface area contributed by atoms with E-state index in [1.54, 1.807) is 0 Å². The molecule has 1 unspecified atom stereocenters. The zero-order valence-corrected chi connectivity index (χ0v) is 9.61. The topological polar surface area (TPSA) is 12.0 Å². The van der Waals surface area contributed by atoms with Crippen molar-refractivity contribution in [2.24, 2.45) is 0 Å². The molecule has 0 heterocycles. The van der Waals surface area contributed by atoms with Crippen molar-refractivity contribution in [3.05, 3.63) is 35.9 Å². The Bertz CT molecular complexity index is 198. The van der Waals surface area contributed by atoms with E-state index in [0.717, 1.165) is 6.54 Å². The van der Waals surface area contributed by atoms with Crippen molar-refractivity contribution in [1.29, 1.82) is 0 Å². The zero-order valence-electron chi connectivity index (χ0n) is 7.51. The van der Waals surface area contributed by atoms with Crippen LogP contribution in [0.4, 0.5) is 0 Å². The van der Waals surface area contributed by atoms with Gasteiger partial charge in [-0.2, -0.15) is 0 Å². The maximum absolute atomic E-state index is 3.43. The molecule has 0 fully saturated rings. The SMILES string of the molecule is C[AsH]CCNCc1ccccc1. The molecule has 12 heavy (non-hydrogen) atoms. The summed E-state index contributed by atoms with van der Waals surface area (Å²) in [6.45, 7) is 2.21. The molecule has 0 saturated heterocycles. The third-order valence-electron chi connectivity index (χ3n) is 1.72. The van der Waals surface area contributed by atoms with Crippen molar-refractivity contribution in [3.63, 3.8) is 0 Å². The fourth-order valence-electron chi connectivity index (χ4n) is 1.04. The van der Waals surface area contributed by atoms with E-state index < -0.39 is 0 Å². The van der Waals surface area contributed by atoms with E-state index in [9.17, 15) is 0 Å². The van der Waals surface area contributed by atoms with Crippen LogP contribution >= 0.6 is 0 Å². The first-order valence-electron chi connectivity index (χ1n) is 4.32. The molecule has 1 atom stereocenters. The number of nitrogens with one attached hydrogen (secondary N) is 1. The van der Waals surface area contributed by atoms with E-state index in [0.29, 0.717) is 15.8 Å². The molecule has 0 aliphatic rings. The second-order valence-electron chi connectivity index (χ2n) is 2.77. The number of hydrogen-bond donors (Lipinski definition) is 1. The molecule has 0 amide bonds. The average molecular weight is 225 g/mol. The van der Waals surface area contributed by atoms with Gasteiger partial charge in [-0.25, -0.2) is 0 Å². The minimum absolute atomic E-state index is 0.353. The van der Waals surface area contributed by atoms with Gasteiger partial charge in [-0.05, 0) is 0 Å². The molecule has 1 rings (SSSR count). The molecule has 0 aromatic heterocycles. The molecule has 0 aliphatic carbocycles. The first-order chi connectivity index (χ1) is 5.93. The van der Waals surface area contributed by atoms with Crippen LogP contribution in [0, 0.1) is 0 Å². The summed E-state index contributed by atoms with van der Waals surface area (Å²) in [6, 6.07) is 10.6. The Balaban J connectivity index is 2.16. The Morgan fingerprint density at radius 3 is 2.67 bits per heavy atom. The van der Waals surface area contributed by atoms with Crippen molar-refractivity contribution in [3.8, 4) is 0 Å². The van der Waals surface area contributed by atoms with E-state index in [1.807, 2.05) is 0 Å². The molecular weight excluding hydrogens is 209 g/mol. The van der Waals surface area contributed by atoms with Crippen LogP contribution in [-0.2, 0) is 6.54 Å². The summed E-state index contributed by atoms with van der Waals surface area (Å²) in [6.07, 6.45) is 0. The summed E-state index contributed by atoms with van der Waals surface area (Å²) in [4.78, 5) is 0. The van der Waals surface area contributed by atoms with Crippen LogP contribution in [0.3, 0.4) is 0 Å². The molecule has 0 radical (unpaired) electrons. The van der Waals surface area contributed by atoms with Gasteiger partial charge in [0.25, 0.3) is 0 Å². The molecule has 1 aromatic carbocycles. The van der Waals surface area contributed by atoms with Crippen molar-refractivity contribution in [1.82, 2.24) is 5.32 Å². The minimum atomic E-state index is 0.353. The van der Waals surface area contributed by atoms with Gasteiger partial charge in [-0.1, -0.05) is 0 Å². The first kappa shape index (κ1) is 9.82. The second kappa shape index (κ2) is 6.28. The first-order valence-corrected chi connectivity index (χ1v) is 7.91. The molecule has 66 valence electrons. The molecule has 0 bridgehead atoms. The number of hydrogen-bond acceptors (Lipinski definition) is 1. The Morgan fingerprint density at radius 1 is 1.25 bits per heavy atom.